The number of thioether (sulfide) groups is 1. The second-order valence-electron chi connectivity index (χ2n) is 4.03. The Morgan fingerprint density at radius 1 is 1.50 bits per heavy atom. The van der Waals surface area contributed by atoms with Gasteiger partial charge in [0.05, 0.1) is 0 Å². The lowest BCUT2D eigenvalue weighted by atomic mass is 10.2. The Kier molecular flexibility index (Phi) is 6.17. The third kappa shape index (κ3) is 4.73. The van der Waals surface area contributed by atoms with Crippen LogP contribution in [0.25, 0.3) is 0 Å². The van der Waals surface area contributed by atoms with Gasteiger partial charge in [-0.05, 0) is 44.0 Å². The number of halogens is 1. The van der Waals surface area contributed by atoms with Crippen LogP contribution < -0.4 is 0 Å². The van der Waals surface area contributed by atoms with Crippen molar-refractivity contribution >= 4 is 23.4 Å². The molecule has 0 fully saturated rings. The van der Waals surface area contributed by atoms with E-state index in [1.165, 1.54) is 17.7 Å². The van der Waals surface area contributed by atoms with E-state index in [-0.39, 0.29) is 0 Å². The summed E-state index contributed by atoms with van der Waals surface area (Å²) in [6.07, 6.45) is 5.22. The van der Waals surface area contributed by atoms with Gasteiger partial charge in [0, 0.05) is 18.8 Å². The van der Waals surface area contributed by atoms with E-state index in [0.29, 0.717) is 11.2 Å². The van der Waals surface area contributed by atoms with Crippen LogP contribution in [0.15, 0.2) is 18.3 Å². The highest BCUT2D eigenvalue weighted by Gasteiger charge is 2.09. The van der Waals surface area contributed by atoms with E-state index in [9.17, 15) is 0 Å². The molecule has 0 aliphatic heterocycles. The van der Waals surface area contributed by atoms with Gasteiger partial charge in [0.1, 0.15) is 5.15 Å². The van der Waals surface area contributed by atoms with Gasteiger partial charge in [0.2, 0.25) is 0 Å². The summed E-state index contributed by atoms with van der Waals surface area (Å²) in [6, 6.07) is 4.48. The van der Waals surface area contributed by atoms with Crippen molar-refractivity contribution in [3.8, 4) is 0 Å². The molecule has 1 heterocycles. The first-order valence-corrected chi connectivity index (χ1v) is 7.20. The predicted molar refractivity (Wildman–Crippen MR) is 73.2 cm³/mol. The molecule has 0 saturated heterocycles. The molecule has 16 heavy (non-hydrogen) atoms. The maximum absolute atomic E-state index is 5.75. The summed E-state index contributed by atoms with van der Waals surface area (Å²) < 4.78 is 0. The third-order valence-electron chi connectivity index (χ3n) is 2.71. The van der Waals surface area contributed by atoms with E-state index in [1.54, 1.807) is 0 Å². The molecule has 0 saturated carbocycles. The van der Waals surface area contributed by atoms with Gasteiger partial charge in [-0.1, -0.05) is 17.7 Å². The molecule has 0 N–H and O–H groups in total. The monoisotopic (exact) mass is 258 g/mol. The summed E-state index contributed by atoms with van der Waals surface area (Å²) in [7, 11) is 2.15. The van der Waals surface area contributed by atoms with Crippen molar-refractivity contribution in [1.82, 2.24) is 9.88 Å². The highest BCUT2D eigenvalue weighted by molar-refractivity contribution is 7.98. The molecule has 1 aromatic heterocycles. The maximum Gasteiger partial charge on any atom is 0.129 e. The van der Waals surface area contributed by atoms with E-state index >= 15 is 0 Å². The molecule has 1 unspecified atom stereocenters. The predicted octanol–water partition coefficient (Wildman–Crippen LogP) is 3.31. The third-order valence-corrected chi connectivity index (χ3v) is 3.58. The Balaban J connectivity index is 2.43. The number of aromatic nitrogens is 1. The first kappa shape index (κ1) is 13.8. The summed E-state index contributed by atoms with van der Waals surface area (Å²) in [5.41, 5.74) is 1.21. The molecule has 0 radical (unpaired) electrons. The van der Waals surface area contributed by atoms with Crippen molar-refractivity contribution in [1.29, 1.82) is 0 Å². The lowest BCUT2D eigenvalue weighted by Crippen LogP contribution is -2.29. The molecule has 2 nitrogen and oxygen atoms in total. The molecular formula is C12H19ClN2S. The highest BCUT2D eigenvalue weighted by Crippen LogP contribution is 2.11. The van der Waals surface area contributed by atoms with Crippen LogP contribution in [0, 0.1) is 0 Å². The molecule has 1 aromatic rings. The van der Waals surface area contributed by atoms with Gasteiger partial charge in [0.15, 0.2) is 0 Å². The Bertz CT molecular complexity index is 302. The van der Waals surface area contributed by atoms with Crippen LogP contribution in [-0.2, 0) is 6.54 Å². The Morgan fingerprint density at radius 3 is 2.81 bits per heavy atom. The zero-order valence-corrected chi connectivity index (χ0v) is 11.7. The number of hydrogen-bond donors (Lipinski definition) is 0. The summed E-state index contributed by atoms with van der Waals surface area (Å²) in [4.78, 5) is 6.44. The highest BCUT2D eigenvalue weighted by atomic mass is 35.5. The number of hydrogen-bond acceptors (Lipinski definition) is 3. The molecule has 1 atom stereocenters. The van der Waals surface area contributed by atoms with E-state index in [0.717, 1.165) is 6.54 Å². The average molecular weight is 259 g/mol. The van der Waals surface area contributed by atoms with Gasteiger partial charge >= 0.3 is 0 Å². The van der Waals surface area contributed by atoms with Gasteiger partial charge in [0.25, 0.3) is 0 Å². The fourth-order valence-electron chi connectivity index (χ4n) is 1.45. The van der Waals surface area contributed by atoms with Gasteiger partial charge in [-0.15, -0.1) is 0 Å². The minimum absolute atomic E-state index is 0.557. The van der Waals surface area contributed by atoms with Crippen LogP contribution in [0.3, 0.4) is 0 Å². The minimum atomic E-state index is 0.557. The molecule has 0 amide bonds. The first-order chi connectivity index (χ1) is 7.63. The van der Waals surface area contributed by atoms with E-state index in [4.69, 9.17) is 11.6 Å². The Labute approximate surface area is 107 Å². The summed E-state index contributed by atoms with van der Waals surface area (Å²) >= 11 is 7.65. The molecule has 1 rings (SSSR count). The van der Waals surface area contributed by atoms with Crippen molar-refractivity contribution < 1.29 is 0 Å². The second-order valence-corrected chi connectivity index (χ2v) is 5.41. The molecule has 90 valence electrons. The second kappa shape index (κ2) is 7.15. The van der Waals surface area contributed by atoms with E-state index in [1.807, 2.05) is 30.1 Å². The van der Waals surface area contributed by atoms with Gasteiger partial charge in [-0.2, -0.15) is 11.8 Å². The number of rotatable bonds is 6. The summed E-state index contributed by atoms with van der Waals surface area (Å²) in [5, 5.41) is 0.557. The van der Waals surface area contributed by atoms with Crippen LogP contribution in [-0.4, -0.2) is 35.0 Å². The minimum Gasteiger partial charge on any atom is -0.299 e. The first-order valence-electron chi connectivity index (χ1n) is 5.43. The van der Waals surface area contributed by atoms with Gasteiger partial charge < -0.3 is 0 Å². The molecule has 0 aromatic carbocycles. The maximum atomic E-state index is 5.75. The topological polar surface area (TPSA) is 16.1 Å². The van der Waals surface area contributed by atoms with E-state index in [2.05, 4.69) is 30.1 Å². The molecule has 0 aliphatic rings. The van der Waals surface area contributed by atoms with Crippen LogP contribution in [0.4, 0.5) is 0 Å². The van der Waals surface area contributed by atoms with Crippen LogP contribution in [0.5, 0.6) is 0 Å². The SMILES string of the molecule is CSCCC(C)N(C)Cc1ccc(Cl)nc1. The molecule has 0 spiro atoms. The zero-order valence-electron chi connectivity index (χ0n) is 10.1. The largest absolute Gasteiger partial charge is 0.299 e. The number of nitrogens with zero attached hydrogens (tertiary/aromatic N) is 2. The average Bonchev–Trinajstić information content (AvgIpc) is 2.29. The normalized spacial score (nSPS) is 13.1. The Hall–Kier alpha value is -0.250. The standard InChI is InChI=1S/C12H19ClN2S/c1-10(6-7-16-3)15(2)9-11-4-5-12(13)14-8-11/h4-5,8,10H,6-7,9H2,1-3H3. The lowest BCUT2D eigenvalue weighted by Gasteiger charge is -2.24. The van der Waals surface area contributed by atoms with Crippen molar-refractivity contribution in [2.24, 2.45) is 0 Å². The van der Waals surface area contributed by atoms with Crippen molar-refractivity contribution in [3.05, 3.63) is 29.0 Å². The van der Waals surface area contributed by atoms with Gasteiger partial charge in [-0.25, -0.2) is 4.98 Å². The van der Waals surface area contributed by atoms with Crippen LogP contribution in [0.2, 0.25) is 5.15 Å². The van der Waals surface area contributed by atoms with Gasteiger partial charge in [-0.3, -0.25) is 4.90 Å². The summed E-state index contributed by atoms with van der Waals surface area (Å²) in [5.74, 6) is 1.21. The molecular weight excluding hydrogens is 240 g/mol. The van der Waals surface area contributed by atoms with Crippen LogP contribution in [0.1, 0.15) is 18.9 Å². The van der Waals surface area contributed by atoms with Crippen molar-refractivity contribution in [2.45, 2.75) is 25.9 Å². The smallest absolute Gasteiger partial charge is 0.129 e. The van der Waals surface area contributed by atoms with E-state index < -0.39 is 0 Å². The Morgan fingerprint density at radius 2 is 2.25 bits per heavy atom. The lowest BCUT2D eigenvalue weighted by molar-refractivity contribution is 0.245. The zero-order chi connectivity index (χ0) is 12.0. The number of pyridine rings is 1. The molecule has 4 heteroatoms. The fourth-order valence-corrected chi connectivity index (χ4v) is 2.14. The molecule has 0 aliphatic carbocycles. The quantitative estimate of drug-likeness (QED) is 0.729. The molecule has 0 bridgehead atoms. The van der Waals surface area contributed by atoms with Crippen molar-refractivity contribution in [3.63, 3.8) is 0 Å². The fraction of sp³-hybridized carbons (Fsp3) is 0.583. The van der Waals surface area contributed by atoms with Crippen molar-refractivity contribution in [2.75, 3.05) is 19.1 Å². The van der Waals surface area contributed by atoms with Crippen LogP contribution >= 0.6 is 23.4 Å². The summed E-state index contributed by atoms with van der Waals surface area (Å²) in [6.45, 7) is 3.19.